The van der Waals surface area contributed by atoms with E-state index in [1.807, 2.05) is 0 Å². The number of nitrogens with one attached hydrogen (secondary N) is 1. The van der Waals surface area contributed by atoms with Crippen molar-refractivity contribution in [1.82, 2.24) is 9.62 Å². The van der Waals surface area contributed by atoms with Crippen molar-refractivity contribution in [2.75, 3.05) is 19.6 Å². The van der Waals surface area contributed by atoms with Crippen molar-refractivity contribution in [2.45, 2.75) is 30.7 Å². The van der Waals surface area contributed by atoms with Gasteiger partial charge in [0.15, 0.2) is 0 Å². The van der Waals surface area contributed by atoms with Crippen LogP contribution >= 0.6 is 0 Å². The van der Waals surface area contributed by atoms with Crippen molar-refractivity contribution in [3.05, 3.63) is 29.8 Å². The minimum atomic E-state index is -3.69. The lowest BCUT2D eigenvalue weighted by molar-refractivity contribution is -0.128. The van der Waals surface area contributed by atoms with Crippen LogP contribution in [-0.2, 0) is 14.8 Å². The highest BCUT2D eigenvalue weighted by atomic mass is 32.2. The second-order valence-corrected chi connectivity index (χ2v) is 7.04. The van der Waals surface area contributed by atoms with Crippen molar-refractivity contribution in [3.8, 4) is 0 Å². The van der Waals surface area contributed by atoms with Crippen molar-refractivity contribution in [3.63, 3.8) is 0 Å². The maximum Gasteiger partial charge on any atom is 0.241 e. The molecule has 0 saturated carbocycles. The summed E-state index contributed by atoms with van der Waals surface area (Å²) in [4.78, 5) is 13.7. The molecule has 1 unspecified atom stereocenters. The molecule has 1 heterocycles. The SMILES string of the molecule is CC(N)c1cccc(S(=O)(=O)NCC(=O)N2CCCC2)c1. The number of benzene rings is 1. The van der Waals surface area contributed by atoms with Gasteiger partial charge in [0, 0.05) is 19.1 Å². The quantitative estimate of drug-likeness (QED) is 0.833. The van der Waals surface area contributed by atoms with E-state index in [1.165, 1.54) is 12.1 Å². The summed E-state index contributed by atoms with van der Waals surface area (Å²) in [5.74, 6) is -0.181. The molecular weight excluding hydrogens is 290 g/mol. The van der Waals surface area contributed by atoms with E-state index in [0.29, 0.717) is 13.1 Å². The molecule has 0 bridgehead atoms. The molecule has 1 atom stereocenters. The topological polar surface area (TPSA) is 92.5 Å². The molecule has 1 aliphatic rings. The molecule has 116 valence electrons. The van der Waals surface area contributed by atoms with E-state index < -0.39 is 10.0 Å². The molecule has 2 rings (SSSR count). The van der Waals surface area contributed by atoms with Gasteiger partial charge in [-0.05, 0) is 37.5 Å². The molecule has 1 aliphatic heterocycles. The third-order valence-corrected chi connectivity index (χ3v) is 4.97. The third kappa shape index (κ3) is 4.03. The van der Waals surface area contributed by atoms with Gasteiger partial charge in [0.25, 0.3) is 0 Å². The molecule has 0 aliphatic carbocycles. The predicted molar refractivity (Wildman–Crippen MR) is 80.0 cm³/mol. The molecule has 0 radical (unpaired) electrons. The number of carbonyl (C=O) groups excluding carboxylic acids is 1. The van der Waals surface area contributed by atoms with Crippen LogP contribution in [0.25, 0.3) is 0 Å². The smallest absolute Gasteiger partial charge is 0.241 e. The summed E-state index contributed by atoms with van der Waals surface area (Å²) in [6.07, 6.45) is 1.96. The zero-order chi connectivity index (χ0) is 15.5. The van der Waals surface area contributed by atoms with Gasteiger partial charge in [0.1, 0.15) is 0 Å². The van der Waals surface area contributed by atoms with Gasteiger partial charge >= 0.3 is 0 Å². The van der Waals surface area contributed by atoms with Gasteiger partial charge in [0.05, 0.1) is 11.4 Å². The molecule has 21 heavy (non-hydrogen) atoms. The second kappa shape index (κ2) is 6.55. The Bertz CT molecular complexity index is 608. The highest BCUT2D eigenvalue weighted by Crippen LogP contribution is 2.16. The van der Waals surface area contributed by atoms with Crippen LogP contribution in [0.4, 0.5) is 0 Å². The number of carbonyl (C=O) groups is 1. The number of likely N-dealkylation sites (tertiary alicyclic amines) is 1. The number of sulfonamides is 1. The Kier molecular flexibility index (Phi) is 4.97. The van der Waals surface area contributed by atoms with Crippen LogP contribution in [0.1, 0.15) is 31.4 Å². The van der Waals surface area contributed by atoms with Gasteiger partial charge in [-0.2, -0.15) is 0 Å². The molecule has 6 nitrogen and oxygen atoms in total. The van der Waals surface area contributed by atoms with E-state index in [9.17, 15) is 13.2 Å². The molecule has 0 aromatic heterocycles. The lowest BCUT2D eigenvalue weighted by Gasteiger charge is -2.16. The summed E-state index contributed by atoms with van der Waals surface area (Å²) in [7, 11) is -3.69. The van der Waals surface area contributed by atoms with E-state index in [2.05, 4.69) is 4.72 Å². The Hall–Kier alpha value is -1.44. The monoisotopic (exact) mass is 311 g/mol. The molecule has 3 N–H and O–H groups in total. The predicted octanol–water partition coefficient (Wildman–Crippen LogP) is 0.607. The molecule has 7 heteroatoms. The summed E-state index contributed by atoms with van der Waals surface area (Å²) in [6, 6.07) is 6.21. The van der Waals surface area contributed by atoms with Crippen LogP contribution in [0.3, 0.4) is 0 Å². The van der Waals surface area contributed by atoms with E-state index in [-0.39, 0.29) is 23.4 Å². The molecule has 1 aromatic carbocycles. The summed E-state index contributed by atoms with van der Waals surface area (Å²) < 4.78 is 26.8. The fourth-order valence-electron chi connectivity index (χ4n) is 2.28. The zero-order valence-corrected chi connectivity index (χ0v) is 12.9. The molecule has 1 fully saturated rings. The average molecular weight is 311 g/mol. The van der Waals surface area contributed by atoms with Gasteiger partial charge in [-0.25, -0.2) is 13.1 Å². The first-order chi connectivity index (χ1) is 9.90. The fourth-order valence-corrected chi connectivity index (χ4v) is 3.31. The third-order valence-electron chi connectivity index (χ3n) is 3.57. The normalized spacial score (nSPS) is 17.0. The molecule has 0 spiro atoms. The van der Waals surface area contributed by atoms with Crippen LogP contribution in [0.2, 0.25) is 0 Å². The standard InChI is InChI=1S/C14H21N3O3S/c1-11(15)12-5-4-6-13(9-12)21(19,20)16-10-14(18)17-7-2-3-8-17/h4-6,9,11,16H,2-3,7-8,10,15H2,1H3. The first-order valence-corrected chi connectivity index (χ1v) is 8.51. The molecular formula is C14H21N3O3S. The Labute approximate surface area is 125 Å². The summed E-state index contributed by atoms with van der Waals surface area (Å²) in [6.45, 7) is 3.00. The highest BCUT2D eigenvalue weighted by molar-refractivity contribution is 7.89. The number of amides is 1. The Morgan fingerprint density at radius 1 is 1.38 bits per heavy atom. The van der Waals surface area contributed by atoms with Crippen LogP contribution in [-0.4, -0.2) is 38.9 Å². The minimum absolute atomic E-state index is 0.131. The van der Waals surface area contributed by atoms with Crippen LogP contribution in [0.15, 0.2) is 29.2 Å². The molecule has 1 saturated heterocycles. The first kappa shape index (κ1) is 15.9. The lowest BCUT2D eigenvalue weighted by atomic mass is 10.1. The van der Waals surface area contributed by atoms with Crippen LogP contribution in [0, 0.1) is 0 Å². The molecule has 1 amide bonds. The van der Waals surface area contributed by atoms with E-state index >= 15 is 0 Å². The number of nitrogens with two attached hydrogens (primary N) is 1. The fraction of sp³-hybridized carbons (Fsp3) is 0.500. The van der Waals surface area contributed by atoms with Gasteiger partial charge in [0.2, 0.25) is 15.9 Å². The maximum atomic E-state index is 12.2. The average Bonchev–Trinajstić information content (AvgIpc) is 2.99. The van der Waals surface area contributed by atoms with Crippen molar-refractivity contribution in [1.29, 1.82) is 0 Å². The van der Waals surface area contributed by atoms with Crippen molar-refractivity contribution >= 4 is 15.9 Å². The number of rotatable bonds is 5. The second-order valence-electron chi connectivity index (χ2n) is 5.27. The number of hydrogen-bond acceptors (Lipinski definition) is 4. The van der Waals surface area contributed by atoms with Gasteiger partial charge < -0.3 is 10.6 Å². The first-order valence-electron chi connectivity index (χ1n) is 7.03. The maximum absolute atomic E-state index is 12.2. The van der Waals surface area contributed by atoms with E-state index in [4.69, 9.17) is 5.73 Å². The minimum Gasteiger partial charge on any atom is -0.342 e. The van der Waals surface area contributed by atoms with Crippen molar-refractivity contribution in [2.24, 2.45) is 5.73 Å². The van der Waals surface area contributed by atoms with Crippen LogP contribution < -0.4 is 10.5 Å². The van der Waals surface area contributed by atoms with Crippen LogP contribution in [0.5, 0.6) is 0 Å². The van der Waals surface area contributed by atoms with Gasteiger partial charge in [-0.15, -0.1) is 0 Å². The van der Waals surface area contributed by atoms with Crippen molar-refractivity contribution < 1.29 is 13.2 Å². The Morgan fingerprint density at radius 3 is 2.67 bits per heavy atom. The Morgan fingerprint density at radius 2 is 2.05 bits per heavy atom. The molecule has 1 aromatic rings. The summed E-state index contributed by atoms with van der Waals surface area (Å²) >= 11 is 0. The van der Waals surface area contributed by atoms with Gasteiger partial charge in [-0.3, -0.25) is 4.79 Å². The highest BCUT2D eigenvalue weighted by Gasteiger charge is 2.21. The zero-order valence-electron chi connectivity index (χ0n) is 12.1. The van der Waals surface area contributed by atoms with E-state index in [0.717, 1.165) is 18.4 Å². The number of hydrogen-bond donors (Lipinski definition) is 2. The van der Waals surface area contributed by atoms with E-state index in [1.54, 1.807) is 24.0 Å². The number of nitrogens with zero attached hydrogens (tertiary/aromatic N) is 1. The summed E-state index contributed by atoms with van der Waals surface area (Å²) in [5, 5.41) is 0. The summed E-state index contributed by atoms with van der Waals surface area (Å²) in [5.41, 5.74) is 6.49. The lowest BCUT2D eigenvalue weighted by Crippen LogP contribution is -2.38. The Balaban J connectivity index is 2.04. The largest absolute Gasteiger partial charge is 0.342 e. The van der Waals surface area contributed by atoms with Gasteiger partial charge in [-0.1, -0.05) is 12.1 Å².